The molecule has 3 aromatic rings. The zero-order valence-electron chi connectivity index (χ0n) is 22.4. The topological polar surface area (TPSA) is 75.2 Å². The van der Waals surface area contributed by atoms with E-state index in [0.717, 1.165) is 17.2 Å². The first-order chi connectivity index (χ1) is 17.7. The van der Waals surface area contributed by atoms with E-state index in [4.69, 9.17) is 0 Å². The van der Waals surface area contributed by atoms with Crippen LogP contribution < -0.4 is 10.6 Å². The second-order valence-corrected chi connectivity index (χ2v) is 13.4. The molecule has 1 aromatic heterocycles. The van der Waals surface area contributed by atoms with Gasteiger partial charge in [0.25, 0.3) is 0 Å². The van der Waals surface area contributed by atoms with Gasteiger partial charge in [0, 0.05) is 30.7 Å². The number of hydrogen-bond donors (Lipinski definition) is 1. The van der Waals surface area contributed by atoms with Gasteiger partial charge in [0.1, 0.15) is 18.8 Å². The minimum atomic E-state index is -4.44. The standard InChI is InChI=1S/C28H32F3N4O2P/c1-16-21(8-7-9-24(16)28(29,30)31)17(2)32-27-23-14-22(20-10-12-35(13-11-20)19(4)36)26(38(5,6)37)15-25(23)33-18(3)34-27/h7-10,14-15,17H,11-13H2,1-6H3,(H,32,33,34)/t17-/m1/s1. The summed E-state index contributed by atoms with van der Waals surface area (Å²) in [4.78, 5) is 22.7. The molecule has 202 valence electrons. The van der Waals surface area contributed by atoms with Crippen LogP contribution in [-0.4, -0.2) is 47.2 Å². The first-order valence-corrected chi connectivity index (χ1v) is 15.0. The zero-order chi connectivity index (χ0) is 28.0. The number of aryl methyl sites for hydroxylation is 1. The molecule has 1 atom stereocenters. The van der Waals surface area contributed by atoms with E-state index < -0.39 is 24.9 Å². The lowest BCUT2D eigenvalue weighted by atomic mass is 9.96. The summed E-state index contributed by atoms with van der Waals surface area (Å²) in [7, 11) is -2.70. The molecule has 0 unspecified atom stereocenters. The number of alkyl halides is 3. The van der Waals surface area contributed by atoms with Crippen LogP contribution in [0.4, 0.5) is 19.0 Å². The van der Waals surface area contributed by atoms with Crippen LogP contribution >= 0.6 is 7.14 Å². The summed E-state index contributed by atoms with van der Waals surface area (Å²) in [5.41, 5.74) is 2.46. The van der Waals surface area contributed by atoms with Crippen LogP contribution in [0.3, 0.4) is 0 Å². The first kappa shape index (κ1) is 27.8. The molecule has 6 nitrogen and oxygen atoms in total. The fourth-order valence-corrected chi connectivity index (χ4v) is 6.23. The Kier molecular flexibility index (Phi) is 7.45. The Morgan fingerprint density at radius 1 is 1.16 bits per heavy atom. The normalized spacial score (nSPS) is 15.4. The van der Waals surface area contributed by atoms with Crippen molar-refractivity contribution in [2.24, 2.45) is 0 Å². The average Bonchev–Trinajstić information content (AvgIpc) is 2.82. The number of nitrogens with zero attached hydrogens (tertiary/aromatic N) is 3. The van der Waals surface area contributed by atoms with Crippen LogP contribution in [0.25, 0.3) is 16.5 Å². The van der Waals surface area contributed by atoms with Gasteiger partial charge >= 0.3 is 6.18 Å². The van der Waals surface area contributed by atoms with Gasteiger partial charge in [-0.1, -0.05) is 18.2 Å². The number of carbonyl (C=O) groups excluding carboxylic acids is 1. The SMILES string of the molecule is CC(=O)N1CC=C(c2cc3c(N[C@H](C)c4cccc(C(F)(F)F)c4C)nc(C)nc3cc2P(C)(C)=O)CC1. The van der Waals surface area contributed by atoms with E-state index in [1.54, 1.807) is 38.1 Å². The summed E-state index contributed by atoms with van der Waals surface area (Å²) in [6.07, 6.45) is -1.83. The predicted molar refractivity (Wildman–Crippen MR) is 146 cm³/mol. The molecule has 0 fully saturated rings. The fourth-order valence-electron chi connectivity index (χ4n) is 5.01. The molecule has 0 aliphatic carbocycles. The fraction of sp³-hybridized carbons (Fsp3) is 0.393. The third-order valence-electron chi connectivity index (χ3n) is 7.01. The van der Waals surface area contributed by atoms with E-state index in [-0.39, 0.29) is 11.5 Å². The summed E-state index contributed by atoms with van der Waals surface area (Å²) < 4.78 is 53.9. The van der Waals surface area contributed by atoms with E-state index in [1.807, 2.05) is 18.2 Å². The molecule has 2 heterocycles. The van der Waals surface area contributed by atoms with Crippen LogP contribution in [0.15, 0.2) is 36.4 Å². The molecule has 0 bridgehead atoms. The smallest absolute Gasteiger partial charge is 0.363 e. The van der Waals surface area contributed by atoms with E-state index in [0.29, 0.717) is 52.9 Å². The Balaban J connectivity index is 1.83. The summed E-state index contributed by atoms with van der Waals surface area (Å²) in [5, 5.41) is 4.71. The third-order valence-corrected chi connectivity index (χ3v) is 8.54. The highest BCUT2D eigenvalue weighted by Gasteiger charge is 2.33. The molecule has 38 heavy (non-hydrogen) atoms. The highest BCUT2D eigenvalue weighted by atomic mass is 31.2. The maximum atomic E-state index is 13.5. The van der Waals surface area contributed by atoms with Crippen molar-refractivity contribution in [1.29, 1.82) is 0 Å². The number of hydrogen-bond acceptors (Lipinski definition) is 5. The van der Waals surface area contributed by atoms with Crippen LogP contribution in [0.2, 0.25) is 0 Å². The number of rotatable bonds is 5. The number of benzene rings is 2. The molecule has 1 aliphatic rings. The van der Waals surface area contributed by atoms with Crippen LogP contribution in [-0.2, 0) is 15.5 Å². The van der Waals surface area contributed by atoms with E-state index in [9.17, 15) is 22.5 Å². The van der Waals surface area contributed by atoms with Gasteiger partial charge in [0.2, 0.25) is 5.91 Å². The van der Waals surface area contributed by atoms with Crippen molar-refractivity contribution in [3.8, 4) is 0 Å². The number of anilines is 1. The summed E-state index contributed by atoms with van der Waals surface area (Å²) in [5.74, 6) is 0.987. The van der Waals surface area contributed by atoms with Crippen LogP contribution in [0, 0.1) is 13.8 Å². The number of aromatic nitrogens is 2. The first-order valence-electron chi connectivity index (χ1n) is 12.4. The lowest BCUT2D eigenvalue weighted by Crippen LogP contribution is -2.33. The molecule has 0 saturated carbocycles. The molecular formula is C28H32F3N4O2P. The van der Waals surface area contributed by atoms with Gasteiger partial charge in [-0.05, 0) is 81.0 Å². The van der Waals surface area contributed by atoms with Crippen molar-refractivity contribution in [3.05, 3.63) is 64.5 Å². The van der Waals surface area contributed by atoms with E-state index in [2.05, 4.69) is 15.3 Å². The molecule has 1 N–H and O–H groups in total. The quantitative estimate of drug-likeness (QED) is 0.381. The van der Waals surface area contributed by atoms with Crippen molar-refractivity contribution in [2.75, 3.05) is 31.7 Å². The largest absolute Gasteiger partial charge is 0.416 e. The Labute approximate surface area is 220 Å². The van der Waals surface area contributed by atoms with Crippen molar-refractivity contribution in [2.45, 2.75) is 46.3 Å². The molecule has 0 spiro atoms. The Hall–Kier alpha value is -3.19. The van der Waals surface area contributed by atoms with Gasteiger partial charge in [0.15, 0.2) is 0 Å². The highest BCUT2D eigenvalue weighted by molar-refractivity contribution is 7.70. The van der Waals surface area contributed by atoms with Gasteiger partial charge in [-0.25, -0.2) is 9.97 Å². The Morgan fingerprint density at radius 2 is 1.87 bits per heavy atom. The lowest BCUT2D eigenvalue weighted by molar-refractivity contribution is -0.138. The average molecular weight is 545 g/mol. The van der Waals surface area contributed by atoms with Gasteiger partial charge in [-0.2, -0.15) is 13.2 Å². The minimum absolute atomic E-state index is 0.00456. The number of amides is 1. The summed E-state index contributed by atoms with van der Waals surface area (Å²) in [6.45, 7) is 11.0. The highest BCUT2D eigenvalue weighted by Crippen LogP contribution is 2.41. The molecule has 2 aromatic carbocycles. The van der Waals surface area contributed by atoms with E-state index >= 15 is 0 Å². The second-order valence-electron chi connectivity index (χ2n) is 10.2. The molecule has 0 saturated heterocycles. The van der Waals surface area contributed by atoms with Crippen LogP contribution in [0.5, 0.6) is 0 Å². The summed E-state index contributed by atoms with van der Waals surface area (Å²) in [6, 6.07) is 7.47. The van der Waals surface area contributed by atoms with Crippen molar-refractivity contribution in [1.82, 2.24) is 14.9 Å². The second kappa shape index (κ2) is 10.2. The zero-order valence-corrected chi connectivity index (χ0v) is 23.3. The maximum absolute atomic E-state index is 13.5. The molecule has 10 heteroatoms. The number of nitrogens with one attached hydrogen (secondary N) is 1. The van der Waals surface area contributed by atoms with Crippen molar-refractivity contribution < 1.29 is 22.5 Å². The molecule has 1 amide bonds. The minimum Gasteiger partial charge on any atom is -0.363 e. The van der Waals surface area contributed by atoms with Gasteiger partial charge < -0.3 is 14.8 Å². The summed E-state index contributed by atoms with van der Waals surface area (Å²) >= 11 is 0. The molecular weight excluding hydrogens is 512 g/mol. The molecule has 0 radical (unpaired) electrons. The van der Waals surface area contributed by atoms with Crippen molar-refractivity contribution in [3.63, 3.8) is 0 Å². The van der Waals surface area contributed by atoms with Gasteiger partial charge in [-0.3, -0.25) is 4.79 Å². The molecule has 1 aliphatic heterocycles. The Bertz CT molecular complexity index is 1490. The maximum Gasteiger partial charge on any atom is 0.416 e. The molecule has 4 rings (SSSR count). The predicted octanol–water partition coefficient (Wildman–Crippen LogP) is 6.32. The number of carbonyl (C=O) groups is 1. The third kappa shape index (κ3) is 5.63. The Morgan fingerprint density at radius 3 is 2.45 bits per heavy atom. The van der Waals surface area contributed by atoms with Crippen molar-refractivity contribution >= 4 is 40.6 Å². The van der Waals surface area contributed by atoms with Crippen LogP contribution in [0.1, 0.15) is 54.4 Å². The lowest BCUT2D eigenvalue weighted by Gasteiger charge is -2.27. The van der Waals surface area contributed by atoms with Gasteiger partial charge in [0.05, 0.1) is 17.1 Å². The number of halogens is 3. The number of fused-ring (bicyclic) bond motifs is 1. The van der Waals surface area contributed by atoms with E-state index in [1.165, 1.54) is 19.9 Å². The monoisotopic (exact) mass is 544 g/mol. The van der Waals surface area contributed by atoms with Gasteiger partial charge in [-0.15, -0.1) is 0 Å².